The molecule has 3 rings (SSSR count). The average Bonchev–Trinajstić information content (AvgIpc) is 2.95. The van der Waals surface area contributed by atoms with Crippen LogP contribution in [-0.2, 0) is 9.59 Å². The summed E-state index contributed by atoms with van der Waals surface area (Å²) in [6.45, 7) is 4.19. The van der Waals surface area contributed by atoms with Crippen molar-refractivity contribution in [1.29, 1.82) is 0 Å². The van der Waals surface area contributed by atoms with Crippen molar-refractivity contribution < 1.29 is 9.59 Å². The topological polar surface area (TPSA) is 49.4 Å². The summed E-state index contributed by atoms with van der Waals surface area (Å²) in [5, 5.41) is 3.65. The van der Waals surface area contributed by atoms with Gasteiger partial charge in [0.15, 0.2) is 0 Å². The van der Waals surface area contributed by atoms with E-state index in [9.17, 15) is 9.59 Å². The van der Waals surface area contributed by atoms with E-state index < -0.39 is 5.92 Å². The maximum atomic E-state index is 12.6. The summed E-state index contributed by atoms with van der Waals surface area (Å²) in [4.78, 5) is 26.5. The van der Waals surface area contributed by atoms with Crippen LogP contribution in [0.25, 0.3) is 0 Å². The second kappa shape index (κ2) is 7.06. The fraction of sp³-hybridized carbons (Fsp3) is 0.263. The molecule has 0 radical (unpaired) electrons. The van der Waals surface area contributed by atoms with Crippen molar-refractivity contribution in [1.82, 2.24) is 0 Å². The van der Waals surface area contributed by atoms with Gasteiger partial charge in [0, 0.05) is 18.7 Å². The van der Waals surface area contributed by atoms with Crippen molar-refractivity contribution >= 4 is 46.4 Å². The molecule has 2 aromatic carbocycles. The van der Waals surface area contributed by atoms with E-state index in [1.54, 1.807) is 18.2 Å². The van der Waals surface area contributed by atoms with Gasteiger partial charge >= 0.3 is 0 Å². The predicted octanol–water partition coefficient (Wildman–Crippen LogP) is 4.60. The standard InChI is InChI=1S/C19H18Cl2N2O2/c1-11-6-7-12(2)15(8-11)22-19(25)13-9-17(24)23(10-13)16-5-3-4-14(20)18(16)21/h3-8,13H,9-10H2,1-2H3,(H,22,25)/t13-/m1/s1. The van der Waals surface area contributed by atoms with E-state index in [1.807, 2.05) is 32.0 Å². The lowest BCUT2D eigenvalue weighted by Gasteiger charge is -2.19. The molecule has 0 aliphatic carbocycles. The Kier molecular flexibility index (Phi) is 5.02. The number of benzene rings is 2. The molecule has 2 amide bonds. The first kappa shape index (κ1) is 17.8. The SMILES string of the molecule is Cc1ccc(C)c(NC(=O)[C@@H]2CC(=O)N(c3cccc(Cl)c3Cl)C2)c1. The van der Waals surface area contributed by atoms with Crippen LogP contribution in [0.15, 0.2) is 36.4 Å². The van der Waals surface area contributed by atoms with Gasteiger partial charge in [0.25, 0.3) is 0 Å². The van der Waals surface area contributed by atoms with Gasteiger partial charge in [-0.05, 0) is 43.2 Å². The molecular formula is C19H18Cl2N2O2. The van der Waals surface area contributed by atoms with Gasteiger partial charge in [0.05, 0.1) is 21.7 Å². The lowest BCUT2D eigenvalue weighted by molar-refractivity contribution is -0.122. The monoisotopic (exact) mass is 376 g/mol. The number of nitrogens with zero attached hydrogens (tertiary/aromatic N) is 1. The van der Waals surface area contributed by atoms with Crippen LogP contribution in [0.3, 0.4) is 0 Å². The molecule has 1 fully saturated rings. The van der Waals surface area contributed by atoms with Crippen LogP contribution < -0.4 is 10.2 Å². The normalized spacial score (nSPS) is 17.0. The third-order valence-electron chi connectivity index (χ3n) is 4.37. The molecule has 6 heteroatoms. The predicted molar refractivity (Wildman–Crippen MR) is 101 cm³/mol. The van der Waals surface area contributed by atoms with Crippen LogP contribution in [0.5, 0.6) is 0 Å². The fourth-order valence-corrected chi connectivity index (χ4v) is 3.32. The number of rotatable bonds is 3. The highest BCUT2D eigenvalue weighted by atomic mass is 35.5. The van der Waals surface area contributed by atoms with Gasteiger partial charge in [-0.3, -0.25) is 9.59 Å². The molecule has 130 valence electrons. The smallest absolute Gasteiger partial charge is 0.229 e. The van der Waals surface area contributed by atoms with Crippen molar-refractivity contribution in [2.75, 3.05) is 16.8 Å². The van der Waals surface area contributed by atoms with E-state index in [-0.39, 0.29) is 24.8 Å². The van der Waals surface area contributed by atoms with Crippen LogP contribution in [0, 0.1) is 19.8 Å². The zero-order chi connectivity index (χ0) is 18.1. The molecule has 0 spiro atoms. The van der Waals surface area contributed by atoms with E-state index in [2.05, 4.69) is 5.32 Å². The molecule has 1 aliphatic heterocycles. The van der Waals surface area contributed by atoms with Crippen LogP contribution in [-0.4, -0.2) is 18.4 Å². The number of aryl methyl sites for hydroxylation is 2. The Morgan fingerprint density at radius 3 is 2.72 bits per heavy atom. The maximum Gasteiger partial charge on any atom is 0.229 e. The molecule has 0 unspecified atom stereocenters. The fourth-order valence-electron chi connectivity index (χ4n) is 2.92. The van der Waals surface area contributed by atoms with E-state index >= 15 is 0 Å². The second-order valence-corrected chi connectivity index (χ2v) is 7.07. The molecule has 0 aromatic heterocycles. The zero-order valence-corrected chi connectivity index (χ0v) is 15.5. The number of nitrogens with one attached hydrogen (secondary N) is 1. The first-order valence-corrected chi connectivity index (χ1v) is 8.75. The summed E-state index contributed by atoms with van der Waals surface area (Å²) in [6, 6.07) is 11.0. The van der Waals surface area contributed by atoms with E-state index in [0.717, 1.165) is 16.8 Å². The number of carbonyl (C=O) groups excluding carboxylic acids is 2. The van der Waals surface area contributed by atoms with Gasteiger partial charge in [-0.25, -0.2) is 0 Å². The summed E-state index contributed by atoms with van der Waals surface area (Å²) >= 11 is 12.2. The van der Waals surface area contributed by atoms with E-state index in [4.69, 9.17) is 23.2 Å². The zero-order valence-electron chi connectivity index (χ0n) is 14.0. The molecule has 2 aromatic rings. The van der Waals surface area contributed by atoms with Gasteiger partial charge in [0.2, 0.25) is 11.8 Å². The number of hydrogen-bond acceptors (Lipinski definition) is 2. The summed E-state index contributed by atoms with van der Waals surface area (Å²) in [6.07, 6.45) is 0.152. The van der Waals surface area contributed by atoms with Gasteiger partial charge in [-0.2, -0.15) is 0 Å². The Morgan fingerprint density at radius 2 is 1.96 bits per heavy atom. The van der Waals surface area contributed by atoms with Crippen LogP contribution in [0.4, 0.5) is 11.4 Å². The van der Waals surface area contributed by atoms with Crippen molar-refractivity contribution in [2.45, 2.75) is 20.3 Å². The molecule has 1 N–H and O–H groups in total. The highest BCUT2D eigenvalue weighted by Gasteiger charge is 2.36. The molecule has 1 saturated heterocycles. The first-order valence-electron chi connectivity index (χ1n) is 7.99. The lowest BCUT2D eigenvalue weighted by Crippen LogP contribution is -2.28. The number of amides is 2. The third kappa shape index (κ3) is 3.65. The summed E-state index contributed by atoms with van der Waals surface area (Å²) in [5.74, 6) is -0.726. The van der Waals surface area contributed by atoms with Gasteiger partial charge in [-0.15, -0.1) is 0 Å². The third-order valence-corrected chi connectivity index (χ3v) is 5.18. The number of hydrogen-bond donors (Lipinski definition) is 1. The van der Waals surface area contributed by atoms with Gasteiger partial charge < -0.3 is 10.2 Å². The van der Waals surface area contributed by atoms with Crippen LogP contribution >= 0.6 is 23.2 Å². The minimum absolute atomic E-state index is 0.134. The second-order valence-electron chi connectivity index (χ2n) is 6.29. The molecule has 1 aliphatic rings. The molecule has 4 nitrogen and oxygen atoms in total. The van der Waals surface area contributed by atoms with Crippen molar-refractivity contribution in [3.05, 3.63) is 57.6 Å². The molecule has 0 saturated carbocycles. The molecule has 25 heavy (non-hydrogen) atoms. The molecular weight excluding hydrogens is 359 g/mol. The van der Waals surface area contributed by atoms with Crippen molar-refractivity contribution in [2.24, 2.45) is 5.92 Å². The highest BCUT2D eigenvalue weighted by molar-refractivity contribution is 6.44. The van der Waals surface area contributed by atoms with E-state index in [1.165, 1.54) is 4.90 Å². The molecule has 1 heterocycles. The average molecular weight is 377 g/mol. The first-order chi connectivity index (χ1) is 11.9. The number of halogens is 2. The lowest BCUT2D eigenvalue weighted by atomic mass is 10.1. The Balaban J connectivity index is 1.77. The Morgan fingerprint density at radius 1 is 1.20 bits per heavy atom. The number of carbonyl (C=O) groups is 2. The maximum absolute atomic E-state index is 12.6. The van der Waals surface area contributed by atoms with Crippen molar-refractivity contribution in [3.63, 3.8) is 0 Å². The quantitative estimate of drug-likeness (QED) is 0.850. The minimum Gasteiger partial charge on any atom is -0.326 e. The molecule has 0 bridgehead atoms. The highest BCUT2D eigenvalue weighted by Crippen LogP contribution is 2.36. The Hall–Kier alpha value is -2.04. The van der Waals surface area contributed by atoms with Crippen LogP contribution in [0.2, 0.25) is 10.0 Å². The summed E-state index contributed by atoms with van der Waals surface area (Å²) in [5.41, 5.74) is 3.37. The van der Waals surface area contributed by atoms with Crippen LogP contribution in [0.1, 0.15) is 17.5 Å². The Bertz CT molecular complexity index is 851. The molecule has 1 atom stereocenters. The van der Waals surface area contributed by atoms with E-state index in [0.29, 0.717) is 15.7 Å². The van der Waals surface area contributed by atoms with Crippen molar-refractivity contribution in [3.8, 4) is 0 Å². The summed E-state index contributed by atoms with van der Waals surface area (Å²) < 4.78 is 0. The summed E-state index contributed by atoms with van der Waals surface area (Å²) in [7, 11) is 0. The minimum atomic E-state index is -0.428. The Labute approximate surface area is 156 Å². The number of anilines is 2. The van der Waals surface area contributed by atoms with Gasteiger partial charge in [0.1, 0.15) is 0 Å². The van der Waals surface area contributed by atoms with Gasteiger partial charge in [-0.1, -0.05) is 41.4 Å². The largest absolute Gasteiger partial charge is 0.326 e.